The summed E-state index contributed by atoms with van der Waals surface area (Å²) in [5.74, 6) is -1.01. The molecule has 1 amide bonds. The van der Waals surface area contributed by atoms with Gasteiger partial charge in [-0.1, -0.05) is 18.3 Å². The first-order valence-electron chi connectivity index (χ1n) is 5.49. The van der Waals surface area contributed by atoms with Gasteiger partial charge in [0, 0.05) is 16.9 Å². The summed E-state index contributed by atoms with van der Waals surface area (Å²) in [6, 6.07) is 5.82. The number of anilines is 1. The van der Waals surface area contributed by atoms with Crippen molar-refractivity contribution in [3.05, 3.63) is 58.1 Å². The summed E-state index contributed by atoms with van der Waals surface area (Å²) in [5.41, 5.74) is 6.04. The molecule has 0 radical (unpaired) electrons. The Kier molecular flexibility index (Phi) is 4.41. The van der Waals surface area contributed by atoms with E-state index in [9.17, 15) is 9.18 Å². The van der Waals surface area contributed by atoms with Gasteiger partial charge in [-0.3, -0.25) is 9.78 Å². The van der Waals surface area contributed by atoms with Crippen LogP contribution in [0, 0.1) is 5.82 Å². The number of hydrogen-bond donors (Lipinski definition) is 2. The molecule has 102 valence electrons. The van der Waals surface area contributed by atoms with Crippen LogP contribution in [0.3, 0.4) is 0 Å². The van der Waals surface area contributed by atoms with Crippen LogP contribution in [0.25, 0.3) is 0 Å². The van der Waals surface area contributed by atoms with Gasteiger partial charge in [0.1, 0.15) is 10.8 Å². The van der Waals surface area contributed by atoms with Crippen molar-refractivity contribution in [2.24, 2.45) is 5.73 Å². The molecule has 2 aromatic rings. The van der Waals surface area contributed by atoms with E-state index in [1.165, 1.54) is 24.4 Å². The van der Waals surface area contributed by atoms with Crippen molar-refractivity contribution in [2.75, 3.05) is 5.32 Å². The molecule has 0 aliphatic carbocycles. The first-order chi connectivity index (χ1) is 9.49. The van der Waals surface area contributed by atoms with Crippen molar-refractivity contribution >= 4 is 44.7 Å². The number of benzene rings is 1. The molecule has 0 fully saturated rings. The Balaban J connectivity index is 2.33. The molecule has 0 saturated carbocycles. The lowest BCUT2D eigenvalue weighted by atomic mass is 10.1. The zero-order chi connectivity index (χ0) is 14.7. The molecule has 20 heavy (non-hydrogen) atoms. The summed E-state index contributed by atoms with van der Waals surface area (Å²) in [7, 11) is 0. The maximum atomic E-state index is 13.7. The molecule has 1 aromatic heterocycles. The first kappa shape index (κ1) is 14.5. The molecule has 0 atom stereocenters. The lowest BCUT2D eigenvalue weighted by molar-refractivity contribution is 0.102. The third kappa shape index (κ3) is 3.17. The van der Waals surface area contributed by atoms with Crippen molar-refractivity contribution in [3.63, 3.8) is 0 Å². The van der Waals surface area contributed by atoms with Gasteiger partial charge in [-0.2, -0.15) is 0 Å². The number of nitrogens with two attached hydrogens (primary N) is 1. The number of nitrogens with zero attached hydrogens (tertiary/aromatic N) is 1. The lowest BCUT2D eigenvalue weighted by Gasteiger charge is -2.10. The molecule has 2 rings (SSSR count). The molecule has 0 bridgehead atoms. The Labute approximate surface area is 128 Å². The number of carbonyl (C=O) groups excluding carboxylic acids is 1. The molecule has 1 aromatic carbocycles. The fourth-order valence-electron chi connectivity index (χ4n) is 1.61. The maximum Gasteiger partial charge on any atom is 0.257 e. The average Bonchev–Trinajstić information content (AvgIpc) is 2.38. The van der Waals surface area contributed by atoms with E-state index in [1.807, 2.05) is 0 Å². The van der Waals surface area contributed by atoms with E-state index in [-0.39, 0.29) is 16.2 Å². The van der Waals surface area contributed by atoms with Crippen LogP contribution in [-0.2, 0) is 0 Å². The van der Waals surface area contributed by atoms with Crippen molar-refractivity contribution in [1.82, 2.24) is 4.98 Å². The highest BCUT2D eigenvalue weighted by Gasteiger charge is 2.14. The quantitative estimate of drug-likeness (QED) is 0.832. The Morgan fingerprint density at radius 1 is 1.40 bits per heavy atom. The van der Waals surface area contributed by atoms with Crippen LogP contribution in [0.15, 0.2) is 41.1 Å². The van der Waals surface area contributed by atoms with Crippen molar-refractivity contribution < 1.29 is 9.18 Å². The van der Waals surface area contributed by atoms with Crippen molar-refractivity contribution in [3.8, 4) is 0 Å². The number of halogens is 2. The second-order valence-corrected chi connectivity index (χ2v) is 5.23. The standard InChI is InChI=1S/C13H9BrFN3OS/c14-8-4-7(5-17-6-8)13(19)18-10-3-1-2-9(15)11(10)12(16)20/h1-6H,(H2,16,20)(H,18,19). The third-order valence-electron chi connectivity index (χ3n) is 2.48. The number of hydrogen-bond acceptors (Lipinski definition) is 3. The van der Waals surface area contributed by atoms with E-state index >= 15 is 0 Å². The Morgan fingerprint density at radius 2 is 2.15 bits per heavy atom. The van der Waals surface area contributed by atoms with E-state index in [1.54, 1.807) is 12.3 Å². The molecule has 0 aliphatic heterocycles. The van der Waals surface area contributed by atoms with Crippen LogP contribution < -0.4 is 11.1 Å². The molecule has 1 heterocycles. The van der Waals surface area contributed by atoms with Gasteiger partial charge in [0.05, 0.1) is 16.8 Å². The topological polar surface area (TPSA) is 68.0 Å². The van der Waals surface area contributed by atoms with Crippen molar-refractivity contribution in [2.45, 2.75) is 0 Å². The van der Waals surface area contributed by atoms with Gasteiger partial charge < -0.3 is 11.1 Å². The third-order valence-corrected chi connectivity index (χ3v) is 3.11. The Hall–Kier alpha value is -1.86. The van der Waals surface area contributed by atoms with Gasteiger partial charge in [0.25, 0.3) is 5.91 Å². The molecule has 0 spiro atoms. The summed E-state index contributed by atoms with van der Waals surface area (Å²) in [4.78, 5) is 15.8. The summed E-state index contributed by atoms with van der Waals surface area (Å²) < 4.78 is 14.3. The second-order valence-electron chi connectivity index (χ2n) is 3.87. The van der Waals surface area contributed by atoms with Gasteiger partial charge in [-0.15, -0.1) is 0 Å². The van der Waals surface area contributed by atoms with Crippen LogP contribution in [0.2, 0.25) is 0 Å². The number of amides is 1. The van der Waals surface area contributed by atoms with E-state index in [0.717, 1.165) is 0 Å². The zero-order valence-corrected chi connectivity index (χ0v) is 12.5. The molecule has 4 nitrogen and oxygen atoms in total. The van der Waals surface area contributed by atoms with E-state index in [0.29, 0.717) is 10.0 Å². The van der Waals surface area contributed by atoms with Gasteiger partial charge >= 0.3 is 0 Å². The van der Waals surface area contributed by atoms with Crippen LogP contribution in [0.5, 0.6) is 0 Å². The number of carbonyl (C=O) groups is 1. The van der Waals surface area contributed by atoms with Gasteiger partial charge in [-0.25, -0.2) is 4.39 Å². The second kappa shape index (κ2) is 6.06. The van der Waals surface area contributed by atoms with Gasteiger partial charge in [0.2, 0.25) is 0 Å². The highest BCUT2D eigenvalue weighted by Crippen LogP contribution is 2.20. The molecule has 3 N–H and O–H groups in total. The minimum absolute atomic E-state index is 0.0128. The molecule has 0 saturated heterocycles. The number of thiocarbonyl (C=S) groups is 1. The average molecular weight is 354 g/mol. The number of aromatic nitrogens is 1. The van der Waals surface area contributed by atoms with E-state index < -0.39 is 11.7 Å². The zero-order valence-electron chi connectivity index (χ0n) is 10.1. The highest BCUT2D eigenvalue weighted by molar-refractivity contribution is 9.10. The fraction of sp³-hybridized carbons (Fsp3) is 0. The smallest absolute Gasteiger partial charge is 0.257 e. The Morgan fingerprint density at radius 3 is 2.80 bits per heavy atom. The number of rotatable bonds is 3. The Bertz CT molecular complexity index is 693. The van der Waals surface area contributed by atoms with Gasteiger partial charge in [0.15, 0.2) is 0 Å². The molecule has 0 unspecified atom stereocenters. The largest absolute Gasteiger partial charge is 0.389 e. The predicted octanol–water partition coefficient (Wildman–Crippen LogP) is 2.87. The molecule has 0 aliphatic rings. The normalized spacial score (nSPS) is 10.1. The van der Waals surface area contributed by atoms with Crippen LogP contribution in [-0.4, -0.2) is 15.9 Å². The highest BCUT2D eigenvalue weighted by atomic mass is 79.9. The lowest BCUT2D eigenvalue weighted by Crippen LogP contribution is -2.19. The summed E-state index contributed by atoms with van der Waals surface area (Å²) in [6.45, 7) is 0. The maximum absolute atomic E-state index is 13.7. The first-order valence-corrected chi connectivity index (χ1v) is 6.69. The summed E-state index contributed by atoms with van der Waals surface area (Å²) >= 11 is 8.02. The van der Waals surface area contributed by atoms with Crippen molar-refractivity contribution in [1.29, 1.82) is 0 Å². The van der Waals surface area contributed by atoms with E-state index in [2.05, 4.69) is 26.2 Å². The van der Waals surface area contributed by atoms with Crippen LogP contribution in [0.1, 0.15) is 15.9 Å². The number of nitrogens with one attached hydrogen (secondary N) is 1. The molecular formula is C13H9BrFN3OS. The minimum Gasteiger partial charge on any atom is -0.389 e. The fourth-order valence-corrected chi connectivity index (χ4v) is 2.18. The van der Waals surface area contributed by atoms with Crippen LogP contribution in [0.4, 0.5) is 10.1 Å². The molecular weight excluding hydrogens is 345 g/mol. The van der Waals surface area contributed by atoms with E-state index in [4.69, 9.17) is 18.0 Å². The SMILES string of the molecule is NC(=S)c1c(F)cccc1NC(=O)c1cncc(Br)c1. The summed E-state index contributed by atoms with van der Waals surface area (Å²) in [5, 5.41) is 2.57. The van der Waals surface area contributed by atoms with Gasteiger partial charge in [-0.05, 0) is 34.1 Å². The predicted molar refractivity (Wildman–Crippen MR) is 82.2 cm³/mol. The monoisotopic (exact) mass is 353 g/mol. The number of pyridine rings is 1. The summed E-state index contributed by atoms with van der Waals surface area (Å²) in [6.07, 6.45) is 2.96. The molecule has 7 heteroatoms. The minimum atomic E-state index is -0.581. The van der Waals surface area contributed by atoms with Crippen LogP contribution >= 0.6 is 28.1 Å².